The van der Waals surface area contributed by atoms with Crippen LogP contribution in [0.2, 0.25) is 0 Å². The van der Waals surface area contributed by atoms with Crippen molar-refractivity contribution in [3.8, 4) is 18.1 Å². The van der Waals surface area contributed by atoms with Crippen LogP contribution in [0.4, 0.5) is 23.7 Å². The molecule has 22 heavy (non-hydrogen) atoms. The number of hydrogen-bond acceptors (Lipinski definition) is 3. The first kappa shape index (κ1) is 17.7. The number of halogens is 3. The molecule has 0 bridgehead atoms. The average Bonchev–Trinajstić information content (AvgIpc) is 2.45. The molecule has 1 aromatic carbocycles. The largest absolute Gasteiger partial charge is 0.481 e. The third kappa shape index (κ3) is 5.54. The molecule has 0 spiro atoms. The molecule has 5 nitrogen and oxygen atoms in total. The third-order valence-corrected chi connectivity index (χ3v) is 2.60. The number of terminal acetylenes is 1. The van der Waals surface area contributed by atoms with E-state index >= 15 is 0 Å². The minimum absolute atomic E-state index is 0.101. The van der Waals surface area contributed by atoms with Crippen LogP contribution in [0.5, 0.6) is 5.75 Å². The average molecular weight is 316 g/mol. The highest BCUT2D eigenvalue weighted by Gasteiger charge is 2.39. The maximum atomic E-state index is 12.2. The minimum Gasteiger partial charge on any atom is -0.481 e. The van der Waals surface area contributed by atoms with Crippen LogP contribution in [0.25, 0.3) is 0 Å². The Hall–Kier alpha value is -2.40. The molecule has 0 aliphatic heterocycles. The zero-order valence-corrected chi connectivity index (χ0v) is 11.7. The van der Waals surface area contributed by atoms with Gasteiger partial charge in [-0.2, -0.15) is 13.2 Å². The Morgan fingerprint density at radius 1 is 1.45 bits per heavy atom. The predicted octanol–water partition coefficient (Wildman–Crippen LogP) is 2.09. The molecule has 0 saturated carbocycles. The highest BCUT2D eigenvalue weighted by atomic mass is 19.4. The summed E-state index contributed by atoms with van der Waals surface area (Å²) in [7, 11) is 1.15. The molecular formula is C14H15F3N2O3. The highest BCUT2D eigenvalue weighted by Crippen LogP contribution is 2.21. The van der Waals surface area contributed by atoms with E-state index in [1.54, 1.807) is 12.1 Å². The van der Waals surface area contributed by atoms with Gasteiger partial charge in [-0.25, -0.2) is 4.79 Å². The van der Waals surface area contributed by atoms with Crippen molar-refractivity contribution < 1.29 is 27.8 Å². The smallest absolute Gasteiger partial charge is 0.416 e. The van der Waals surface area contributed by atoms with Crippen LogP contribution in [0.1, 0.15) is 0 Å². The molecule has 0 aromatic heterocycles. The van der Waals surface area contributed by atoms with Gasteiger partial charge in [0.2, 0.25) is 0 Å². The molecule has 2 N–H and O–H groups in total. The van der Waals surface area contributed by atoms with Crippen LogP contribution < -0.4 is 10.1 Å². The molecule has 1 atom stereocenters. The number of likely N-dealkylation sites (N-methyl/N-ethyl adjacent to an activating group) is 1. The second-order valence-corrected chi connectivity index (χ2v) is 4.39. The Balaban J connectivity index is 2.55. The molecule has 0 heterocycles. The van der Waals surface area contributed by atoms with Gasteiger partial charge >= 0.3 is 12.2 Å². The van der Waals surface area contributed by atoms with E-state index in [0.717, 1.165) is 11.9 Å². The first-order valence-electron chi connectivity index (χ1n) is 6.17. The van der Waals surface area contributed by atoms with E-state index in [-0.39, 0.29) is 6.61 Å². The summed E-state index contributed by atoms with van der Waals surface area (Å²) in [6.07, 6.45) is -2.33. The molecule has 0 saturated heterocycles. The fourth-order valence-electron chi connectivity index (χ4n) is 1.42. The zero-order valence-electron chi connectivity index (χ0n) is 11.7. The standard InChI is InChI=1S/C14H15F3N2O3/c1-3-8-22-11-6-4-10(5-7-11)18-13(21)19(2)9-12(20)14(15,16)17/h1,4-7,12,20H,8-9H2,2H3,(H,18,21). The Morgan fingerprint density at radius 3 is 2.55 bits per heavy atom. The van der Waals surface area contributed by atoms with Gasteiger partial charge in [-0.3, -0.25) is 0 Å². The number of nitrogens with zero attached hydrogens (tertiary/aromatic N) is 1. The normalized spacial score (nSPS) is 12.2. The Morgan fingerprint density at radius 2 is 2.05 bits per heavy atom. The number of carbonyl (C=O) groups is 1. The number of aliphatic hydroxyl groups excluding tert-OH is 1. The van der Waals surface area contributed by atoms with Crippen molar-refractivity contribution in [2.75, 3.05) is 25.5 Å². The van der Waals surface area contributed by atoms with E-state index in [4.69, 9.17) is 16.3 Å². The van der Waals surface area contributed by atoms with Crippen LogP contribution in [0, 0.1) is 12.3 Å². The zero-order chi connectivity index (χ0) is 16.8. The fourth-order valence-corrected chi connectivity index (χ4v) is 1.42. The highest BCUT2D eigenvalue weighted by molar-refractivity contribution is 5.89. The summed E-state index contributed by atoms with van der Waals surface area (Å²) >= 11 is 0. The van der Waals surface area contributed by atoms with Gasteiger partial charge in [0.25, 0.3) is 0 Å². The van der Waals surface area contributed by atoms with E-state index in [0.29, 0.717) is 11.4 Å². The van der Waals surface area contributed by atoms with Crippen molar-refractivity contribution >= 4 is 11.7 Å². The molecular weight excluding hydrogens is 301 g/mol. The molecule has 0 aliphatic rings. The van der Waals surface area contributed by atoms with E-state index in [2.05, 4.69) is 11.2 Å². The number of anilines is 1. The van der Waals surface area contributed by atoms with Crippen LogP contribution in [0.15, 0.2) is 24.3 Å². The Kier molecular flexibility index (Phi) is 6.07. The number of amides is 2. The predicted molar refractivity (Wildman–Crippen MR) is 74.5 cm³/mol. The number of nitrogens with one attached hydrogen (secondary N) is 1. The molecule has 2 amide bonds. The van der Waals surface area contributed by atoms with Gasteiger partial charge in [-0.15, -0.1) is 6.42 Å². The lowest BCUT2D eigenvalue weighted by molar-refractivity contribution is -0.205. The maximum absolute atomic E-state index is 12.2. The van der Waals surface area contributed by atoms with Gasteiger partial charge in [-0.1, -0.05) is 5.92 Å². The summed E-state index contributed by atoms with van der Waals surface area (Å²) in [6.45, 7) is -0.761. The lowest BCUT2D eigenvalue weighted by Crippen LogP contribution is -2.43. The molecule has 0 radical (unpaired) electrons. The summed E-state index contributed by atoms with van der Waals surface area (Å²) in [5.41, 5.74) is 0.367. The molecule has 1 rings (SSSR count). The van der Waals surface area contributed by atoms with Crippen molar-refractivity contribution in [1.29, 1.82) is 0 Å². The Bertz CT molecular complexity index is 538. The number of ether oxygens (including phenoxy) is 1. The van der Waals surface area contributed by atoms with Crippen molar-refractivity contribution in [2.24, 2.45) is 0 Å². The van der Waals surface area contributed by atoms with Gasteiger partial charge < -0.3 is 20.1 Å². The van der Waals surface area contributed by atoms with Crippen molar-refractivity contribution in [3.05, 3.63) is 24.3 Å². The van der Waals surface area contributed by atoms with Gasteiger partial charge in [0, 0.05) is 12.7 Å². The topological polar surface area (TPSA) is 61.8 Å². The fraction of sp³-hybridized carbons (Fsp3) is 0.357. The summed E-state index contributed by atoms with van der Waals surface area (Å²) < 4.78 is 41.8. The summed E-state index contributed by atoms with van der Waals surface area (Å²) in [5.74, 6) is 2.79. The maximum Gasteiger partial charge on any atom is 0.416 e. The molecule has 0 fully saturated rings. The first-order valence-corrected chi connectivity index (χ1v) is 6.17. The van der Waals surface area contributed by atoms with Crippen LogP contribution >= 0.6 is 0 Å². The summed E-state index contributed by atoms with van der Waals surface area (Å²) in [4.78, 5) is 12.4. The number of aliphatic hydroxyl groups is 1. The third-order valence-electron chi connectivity index (χ3n) is 2.60. The van der Waals surface area contributed by atoms with Gasteiger partial charge in [0.15, 0.2) is 6.10 Å². The van der Waals surface area contributed by atoms with Crippen molar-refractivity contribution in [3.63, 3.8) is 0 Å². The first-order chi connectivity index (χ1) is 10.2. The SMILES string of the molecule is C#CCOc1ccc(NC(=O)N(C)CC(O)C(F)(F)F)cc1. The minimum atomic E-state index is -4.77. The van der Waals surface area contributed by atoms with Gasteiger partial charge in [0.05, 0.1) is 6.54 Å². The van der Waals surface area contributed by atoms with E-state index in [1.165, 1.54) is 12.1 Å². The van der Waals surface area contributed by atoms with Gasteiger partial charge in [0.1, 0.15) is 12.4 Å². The lowest BCUT2D eigenvalue weighted by Gasteiger charge is -2.22. The van der Waals surface area contributed by atoms with Crippen LogP contribution in [-0.2, 0) is 0 Å². The molecule has 1 aromatic rings. The number of benzene rings is 1. The lowest BCUT2D eigenvalue weighted by atomic mass is 10.3. The summed E-state index contributed by atoms with van der Waals surface area (Å²) in [5, 5.41) is 11.3. The second kappa shape index (κ2) is 7.56. The van der Waals surface area contributed by atoms with E-state index < -0.39 is 24.9 Å². The monoisotopic (exact) mass is 316 g/mol. The quantitative estimate of drug-likeness (QED) is 0.818. The van der Waals surface area contributed by atoms with E-state index in [1.807, 2.05) is 0 Å². The van der Waals surface area contributed by atoms with Crippen molar-refractivity contribution in [2.45, 2.75) is 12.3 Å². The number of urea groups is 1. The second-order valence-electron chi connectivity index (χ2n) is 4.39. The molecule has 8 heteroatoms. The Labute approximate surface area is 125 Å². The van der Waals surface area contributed by atoms with Crippen molar-refractivity contribution in [1.82, 2.24) is 4.90 Å². The molecule has 0 aliphatic carbocycles. The number of alkyl halides is 3. The molecule has 1 unspecified atom stereocenters. The number of rotatable bonds is 5. The summed E-state index contributed by atoms with van der Waals surface area (Å²) in [6, 6.07) is 5.35. The van der Waals surface area contributed by atoms with E-state index in [9.17, 15) is 18.0 Å². The van der Waals surface area contributed by atoms with Crippen LogP contribution in [0.3, 0.4) is 0 Å². The number of hydrogen-bond donors (Lipinski definition) is 2. The van der Waals surface area contributed by atoms with Gasteiger partial charge in [-0.05, 0) is 24.3 Å². The van der Waals surface area contributed by atoms with Crippen LogP contribution in [-0.4, -0.2) is 48.5 Å². The molecule has 120 valence electrons. The number of carbonyl (C=O) groups excluding carboxylic acids is 1.